The number of hydrogen-bond acceptors (Lipinski definition) is 6. The summed E-state index contributed by atoms with van der Waals surface area (Å²) in [4.78, 5) is 44.0. The maximum absolute atomic E-state index is 13.8. The lowest BCUT2D eigenvalue weighted by Gasteiger charge is -2.35. The molecule has 176 valence electrons. The van der Waals surface area contributed by atoms with Crippen LogP contribution in [0.25, 0.3) is 0 Å². The van der Waals surface area contributed by atoms with E-state index in [4.69, 9.17) is 4.74 Å². The summed E-state index contributed by atoms with van der Waals surface area (Å²) < 4.78 is 4.76. The predicted molar refractivity (Wildman–Crippen MR) is 123 cm³/mol. The van der Waals surface area contributed by atoms with E-state index in [0.717, 1.165) is 38.5 Å². The number of fused-ring (bicyclic) bond motifs is 2. The van der Waals surface area contributed by atoms with Gasteiger partial charge in [0, 0.05) is 24.9 Å². The van der Waals surface area contributed by atoms with Crippen molar-refractivity contribution < 1.29 is 24.2 Å². The molecule has 0 aromatic rings. The quantitative estimate of drug-likeness (QED) is 0.370. The van der Waals surface area contributed by atoms with Crippen molar-refractivity contribution in [3.05, 3.63) is 24.3 Å². The predicted octanol–water partition coefficient (Wildman–Crippen LogP) is 2.15. The van der Waals surface area contributed by atoms with Crippen molar-refractivity contribution in [1.82, 2.24) is 9.80 Å². The molecule has 2 amide bonds. The molecule has 2 saturated heterocycles. The van der Waals surface area contributed by atoms with E-state index in [9.17, 15) is 19.5 Å². The van der Waals surface area contributed by atoms with Crippen LogP contribution in [-0.4, -0.2) is 81.6 Å². The molecule has 4 rings (SSSR count). The number of cyclic esters (lactones) is 1. The Morgan fingerprint density at radius 2 is 2.00 bits per heavy atom. The molecular formula is C24H34N2O5S. The minimum atomic E-state index is -0.824. The van der Waals surface area contributed by atoms with E-state index < -0.39 is 22.6 Å². The van der Waals surface area contributed by atoms with Crippen molar-refractivity contribution in [2.75, 3.05) is 32.8 Å². The molecule has 1 unspecified atom stereocenters. The molecular weight excluding hydrogens is 428 g/mol. The Kier molecular flexibility index (Phi) is 7.30. The third-order valence-electron chi connectivity index (χ3n) is 7.06. The number of ether oxygens (including phenoxy) is 1. The Hall–Kier alpha value is -1.80. The second-order valence-electron chi connectivity index (χ2n) is 9.08. The normalized spacial score (nSPS) is 35.8. The zero-order valence-corrected chi connectivity index (χ0v) is 19.6. The number of esters is 1. The van der Waals surface area contributed by atoms with Crippen LogP contribution >= 0.6 is 11.8 Å². The van der Waals surface area contributed by atoms with E-state index >= 15 is 0 Å². The minimum absolute atomic E-state index is 0.0797. The number of carbonyl (C=O) groups excluding carboxylic acids is 3. The number of likely N-dealkylation sites (tertiary alicyclic amines) is 1. The van der Waals surface area contributed by atoms with Crippen LogP contribution < -0.4 is 0 Å². The number of thioether (sulfide) groups is 1. The van der Waals surface area contributed by atoms with Gasteiger partial charge in [-0.05, 0) is 25.7 Å². The Bertz CT molecular complexity index is 799. The van der Waals surface area contributed by atoms with Crippen molar-refractivity contribution in [2.45, 2.75) is 61.5 Å². The van der Waals surface area contributed by atoms with Gasteiger partial charge in [0.15, 0.2) is 0 Å². The minimum Gasteiger partial charge on any atom is -0.465 e. The van der Waals surface area contributed by atoms with Crippen LogP contribution in [0.5, 0.6) is 0 Å². The fourth-order valence-electron chi connectivity index (χ4n) is 5.56. The lowest BCUT2D eigenvalue weighted by Crippen LogP contribution is -2.53. The van der Waals surface area contributed by atoms with Gasteiger partial charge in [-0.1, -0.05) is 44.1 Å². The number of amides is 2. The van der Waals surface area contributed by atoms with E-state index in [1.54, 1.807) is 11.8 Å². The number of hydrogen-bond donors (Lipinski definition) is 1. The summed E-state index contributed by atoms with van der Waals surface area (Å²) in [6.07, 6.45) is 13.8. The fraction of sp³-hybridized carbons (Fsp3) is 0.708. The van der Waals surface area contributed by atoms with Crippen LogP contribution in [0.3, 0.4) is 0 Å². The number of nitrogens with zero attached hydrogens (tertiary/aromatic N) is 2. The Labute approximate surface area is 194 Å². The fourth-order valence-corrected chi connectivity index (χ4v) is 7.57. The van der Waals surface area contributed by atoms with Crippen molar-refractivity contribution in [3.63, 3.8) is 0 Å². The largest absolute Gasteiger partial charge is 0.465 e. The zero-order chi connectivity index (χ0) is 22.7. The zero-order valence-electron chi connectivity index (χ0n) is 18.8. The summed E-state index contributed by atoms with van der Waals surface area (Å²) in [7, 11) is 0. The number of unbranched alkanes of at least 4 members (excludes halogenated alkanes) is 2. The SMILES string of the molecule is CCCCCN1CC=C[C@]23S[C@H]4/C=C\CCCCOC(=O)[C@H]4[C@H]2C(=O)N(CCO)C3C1=O. The van der Waals surface area contributed by atoms with Gasteiger partial charge in [0.05, 0.1) is 29.8 Å². The second kappa shape index (κ2) is 10.00. The van der Waals surface area contributed by atoms with Gasteiger partial charge in [0.1, 0.15) is 6.04 Å². The van der Waals surface area contributed by atoms with Gasteiger partial charge in [-0.3, -0.25) is 14.4 Å². The molecule has 32 heavy (non-hydrogen) atoms. The van der Waals surface area contributed by atoms with Gasteiger partial charge >= 0.3 is 5.97 Å². The van der Waals surface area contributed by atoms with Crippen LogP contribution in [0.1, 0.15) is 45.4 Å². The Balaban J connectivity index is 1.73. The molecule has 1 N–H and O–H groups in total. The van der Waals surface area contributed by atoms with Gasteiger partial charge < -0.3 is 19.6 Å². The molecule has 1 spiro atoms. The summed E-state index contributed by atoms with van der Waals surface area (Å²) in [5.74, 6) is -1.94. The van der Waals surface area contributed by atoms with Gasteiger partial charge in [0.2, 0.25) is 11.8 Å². The highest BCUT2D eigenvalue weighted by molar-refractivity contribution is 8.02. The summed E-state index contributed by atoms with van der Waals surface area (Å²) in [5.41, 5.74) is 0. The molecule has 0 aromatic carbocycles. The van der Waals surface area contributed by atoms with Gasteiger partial charge in [0.25, 0.3) is 0 Å². The number of carbonyl (C=O) groups is 3. The maximum atomic E-state index is 13.8. The van der Waals surface area contributed by atoms with Crippen LogP contribution in [-0.2, 0) is 19.1 Å². The van der Waals surface area contributed by atoms with Gasteiger partial charge in [-0.15, -0.1) is 11.8 Å². The van der Waals surface area contributed by atoms with E-state index in [-0.39, 0.29) is 36.2 Å². The molecule has 8 heteroatoms. The average Bonchev–Trinajstić information content (AvgIpc) is 3.16. The first-order chi connectivity index (χ1) is 15.5. The lowest BCUT2D eigenvalue weighted by atomic mass is 9.78. The summed E-state index contributed by atoms with van der Waals surface area (Å²) in [6, 6.07) is -0.712. The molecule has 4 aliphatic heterocycles. The summed E-state index contributed by atoms with van der Waals surface area (Å²) in [5, 5.41) is 9.47. The molecule has 0 radical (unpaired) electrons. The monoisotopic (exact) mass is 462 g/mol. The molecule has 0 aliphatic carbocycles. The number of rotatable bonds is 6. The van der Waals surface area contributed by atoms with Crippen molar-refractivity contribution in [2.24, 2.45) is 11.8 Å². The third kappa shape index (κ3) is 4.00. The average molecular weight is 463 g/mol. The van der Waals surface area contributed by atoms with Crippen LogP contribution in [0.15, 0.2) is 24.3 Å². The van der Waals surface area contributed by atoms with Crippen LogP contribution in [0.2, 0.25) is 0 Å². The second-order valence-corrected chi connectivity index (χ2v) is 10.6. The summed E-state index contributed by atoms with van der Waals surface area (Å²) >= 11 is 1.55. The van der Waals surface area contributed by atoms with E-state index in [0.29, 0.717) is 19.7 Å². The van der Waals surface area contributed by atoms with Gasteiger partial charge in [-0.2, -0.15) is 0 Å². The lowest BCUT2D eigenvalue weighted by molar-refractivity contribution is -0.153. The van der Waals surface area contributed by atoms with Crippen molar-refractivity contribution >= 4 is 29.5 Å². The molecule has 4 aliphatic rings. The molecule has 5 atom stereocenters. The number of allylic oxidation sites excluding steroid dienone is 1. The Morgan fingerprint density at radius 3 is 2.78 bits per heavy atom. The number of β-amino-alcohol motifs (C(OH)–C–C–N with tert-alkyl or cyclic N) is 1. The van der Waals surface area contributed by atoms with E-state index in [1.165, 1.54) is 4.90 Å². The molecule has 7 nitrogen and oxygen atoms in total. The summed E-state index contributed by atoms with van der Waals surface area (Å²) in [6.45, 7) is 3.51. The smallest absolute Gasteiger partial charge is 0.311 e. The Morgan fingerprint density at radius 1 is 1.16 bits per heavy atom. The van der Waals surface area contributed by atoms with Crippen LogP contribution in [0.4, 0.5) is 0 Å². The van der Waals surface area contributed by atoms with Gasteiger partial charge in [-0.25, -0.2) is 0 Å². The van der Waals surface area contributed by atoms with E-state index in [2.05, 4.69) is 13.0 Å². The first kappa shape index (κ1) is 23.4. The number of aliphatic hydroxyl groups is 1. The molecule has 0 bridgehead atoms. The molecule has 0 saturated carbocycles. The first-order valence-corrected chi connectivity index (χ1v) is 12.8. The highest BCUT2D eigenvalue weighted by Crippen LogP contribution is 2.60. The highest BCUT2D eigenvalue weighted by atomic mass is 32.2. The molecule has 0 aromatic heterocycles. The first-order valence-electron chi connectivity index (χ1n) is 11.9. The van der Waals surface area contributed by atoms with Crippen molar-refractivity contribution in [1.29, 1.82) is 0 Å². The molecule has 4 heterocycles. The highest BCUT2D eigenvalue weighted by Gasteiger charge is 2.70. The topological polar surface area (TPSA) is 87.2 Å². The van der Waals surface area contributed by atoms with Crippen LogP contribution in [0, 0.1) is 11.8 Å². The number of aliphatic hydroxyl groups excluding tert-OH is 1. The standard InChI is InChI=1S/C24H34N2O5S/c1-2-3-7-12-25-13-9-11-24-19(21(28)26(14-15-27)20(24)22(25)29)18-17(32-24)10-6-4-5-8-16-31-23(18)30/h6,9-11,17-20,27H,2-5,7-8,12-16H2,1H3/b10-6-/t17-,18+,19-,20?,24-/m0/s1. The molecule has 2 fully saturated rings. The maximum Gasteiger partial charge on any atom is 0.311 e. The third-order valence-corrected chi connectivity index (χ3v) is 8.80. The van der Waals surface area contributed by atoms with E-state index in [1.807, 2.05) is 23.1 Å². The van der Waals surface area contributed by atoms with Crippen molar-refractivity contribution in [3.8, 4) is 0 Å².